The molecule has 33 heavy (non-hydrogen) atoms. The Morgan fingerprint density at radius 3 is 2.64 bits per heavy atom. The number of hydrogen-bond donors (Lipinski definition) is 1. The number of non-ortho nitro benzene ring substituents is 1. The first kappa shape index (κ1) is 19.4. The highest BCUT2D eigenvalue weighted by atomic mass is 16.7. The minimum atomic E-state index is -0.471. The molecule has 3 heterocycles. The van der Waals surface area contributed by atoms with Crippen LogP contribution in [0.25, 0.3) is 10.9 Å². The molecule has 0 fully saturated rings. The smallest absolute Gasteiger partial charge is 0.269 e. The number of rotatable bonds is 3. The van der Waals surface area contributed by atoms with E-state index < -0.39 is 4.92 Å². The number of nitrogens with one attached hydrogen (secondary N) is 1. The van der Waals surface area contributed by atoms with E-state index in [1.165, 1.54) is 29.8 Å². The molecule has 0 radical (unpaired) electrons. The van der Waals surface area contributed by atoms with Crippen LogP contribution >= 0.6 is 0 Å². The molecule has 1 atom stereocenters. The minimum absolute atomic E-state index is 0.0459. The summed E-state index contributed by atoms with van der Waals surface area (Å²) in [4.78, 5) is 29.5. The third-order valence-electron chi connectivity index (χ3n) is 6.33. The van der Waals surface area contributed by atoms with E-state index in [9.17, 15) is 14.9 Å². The van der Waals surface area contributed by atoms with Gasteiger partial charge in [0, 0.05) is 40.8 Å². The van der Waals surface area contributed by atoms with Crippen molar-refractivity contribution in [3.05, 3.63) is 99.2 Å². The number of aromatic amines is 1. The molecular formula is C25H19N3O5. The monoisotopic (exact) mass is 441 g/mol. The van der Waals surface area contributed by atoms with Crippen molar-refractivity contribution in [1.82, 2.24) is 9.88 Å². The molecule has 8 heteroatoms. The molecule has 4 aromatic rings. The van der Waals surface area contributed by atoms with Gasteiger partial charge in [0.2, 0.25) is 6.79 Å². The van der Waals surface area contributed by atoms with Crippen molar-refractivity contribution in [2.75, 3.05) is 13.3 Å². The van der Waals surface area contributed by atoms with Crippen molar-refractivity contribution >= 4 is 22.5 Å². The van der Waals surface area contributed by atoms with Crippen LogP contribution in [0.5, 0.6) is 11.5 Å². The number of amides is 1. The van der Waals surface area contributed by atoms with Gasteiger partial charge in [-0.05, 0) is 47.9 Å². The zero-order valence-electron chi connectivity index (χ0n) is 17.5. The first-order valence-electron chi connectivity index (χ1n) is 10.6. The number of nitro groups is 1. The summed E-state index contributed by atoms with van der Waals surface area (Å²) in [7, 11) is 0. The molecule has 6 rings (SSSR count). The molecule has 0 unspecified atom stereocenters. The van der Waals surface area contributed by atoms with Gasteiger partial charge in [-0.1, -0.05) is 24.3 Å². The number of fused-ring (bicyclic) bond motifs is 4. The second-order valence-electron chi connectivity index (χ2n) is 8.13. The molecule has 0 saturated carbocycles. The van der Waals surface area contributed by atoms with Crippen LogP contribution in [0.15, 0.2) is 66.7 Å². The van der Waals surface area contributed by atoms with Crippen molar-refractivity contribution in [1.29, 1.82) is 0 Å². The molecule has 0 bridgehead atoms. The van der Waals surface area contributed by atoms with E-state index in [2.05, 4.69) is 11.1 Å². The number of hydrogen-bond acceptors (Lipinski definition) is 5. The Hall–Kier alpha value is -4.33. The number of carbonyl (C=O) groups excluding carboxylic acids is 1. The molecule has 3 aromatic carbocycles. The van der Waals surface area contributed by atoms with Gasteiger partial charge in [-0.3, -0.25) is 14.9 Å². The third kappa shape index (κ3) is 3.10. The van der Waals surface area contributed by atoms with E-state index in [1.54, 1.807) is 0 Å². The zero-order valence-corrected chi connectivity index (χ0v) is 17.5. The highest BCUT2D eigenvalue weighted by molar-refractivity contribution is 5.96. The Labute approximate surface area is 188 Å². The van der Waals surface area contributed by atoms with Gasteiger partial charge >= 0.3 is 0 Å². The number of ether oxygens (including phenoxy) is 2. The first-order chi connectivity index (χ1) is 16.1. The standard InChI is InChI=1S/C25H19N3O5/c29-25(15-5-8-17(9-6-15)28(30)31)27-12-11-19-18-3-1-2-4-20(18)26-23(19)24(27)16-7-10-21-22(13-16)33-14-32-21/h1-10,13,24,26H,11-12,14H2/t24-/m1/s1. The number of nitro benzene ring substituents is 1. The number of carbonyl (C=O) groups is 1. The molecule has 1 amide bonds. The average molecular weight is 441 g/mol. The fourth-order valence-electron chi connectivity index (χ4n) is 4.78. The molecule has 8 nitrogen and oxygen atoms in total. The van der Waals surface area contributed by atoms with Gasteiger partial charge in [-0.15, -0.1) is 0 Å². The number of H-pyrrole nitrogens is 1. The van der Waals surface area contributed by atoms with Crippen molar-refractivity contribution in [3.8, 4) is 11.5 Å². The normalized spacial score (nSPS) is 16.6. The summed E-state index contributed by atoms with van der Waals surface area (Å²) in [6, 6.07) is 19.3. The number of benzene rings is 3. The first-order valence-corrected chi connectivity index (χ1v) is 10.6. The molecular weight excluding hydrogens is 422 g/mol. The van der Waals surface area contributed by atoms with Gasteiger partial charge in [0.1, 0.15) is 0 Å². The van der Waals surface area contributed by atoms with Gasteiger partial charge in [-0.2, -0.15) is 0 Å². The maximum absolute atomic E-state index is 13.6. The molecule has 0 saturated heterocycles. The van der Waals surface area contributed by atoms with Crippen LogP contribution in [-0.2, 0) is 6.42 Å². The maximum Gasteiger partial charge on any atom is 0.269 e. The fraction of sp³-hybridized carbons (Fsp3) is 0.160. The van der Waals surface area contributed by atoms with Crippen LogP contribution in [0, 0.1) is 10.1 Å². The summed E-state index contributed by atoms with van der Waals surface area (Å²) in [6.07, 6.45) is 0.707. The lowest BCUT2D eigenvalue weighted by Crippen LogP contribution is -2.40. The molecule has 2 aliphatic heterocycles. The lowest BCUT2D eigenvalue weighted by Gasteiger charge is -2.36. The van der Waals surface area contributed by atoms with Gasteiger partial charge in [0.05, 0.1) is 11.0 Å². The Morgan fingerprint density at radius 2 is 1.82 bits per heavy atom. The van der Waals surface area contributed by atoms with Crippen LogP contribution in [0.2, 0.25) is 0 Å². The topological polar surface area (TPSA) is 97.7 Å². The van der Waals surface area contributed by atoms with E-state index in [0.717, 1.165) is 22.2 Å². The van der Waals surface area contributed by atoms with Crippen LogP contribution < -0.4 is 9.47 Å². The van der Waals surface area contributed by atoms with Gasteiger partial charge in [-0.25, -0.2) is 0 Å². The lowest BCUT2D eigenvalue weighted by molar-refractivity contribution is -0.384. The van der Waals surface area contributed by atoms with Gasteiger partial charge in [0.15, 0.2) is 11.5 Å². The largest absolute Gasteiger partial charge is 0.454 e. The van der Waals surface area contributed by atoms with Gasteiger partial charge in [0.25, 0.3) is 11.6 Å². The number of para-hydroxylation sites is 1. The number of nitrogens with zero attached hydrogens (tertiary/aromatic N) is 2. The van der Waals surface area contributed by atoms with Crippen LogP contribution in [0.1, 0.15) is 33.2 Å². The highest BCUT2D eigenvalue weighted by Crippen LogP contribution is 2.42. The molecule has 0 spiro atoms. The zero-order chi connectivity index (χ0) is 22.5. The third-order valence-corrected chi connectivity index (χ3v) is 6.33. The molecule has 1 aromatic heterocycles. The van der Waals surface area contributed by atoms with Crippen LogP contribution in [-0.4, -0.2) is 34.1 Å². The van der Waals surface area contributed by atoms with E-state index >= 15 is 0 Å². The summed E-state index contributed by atoms with van der Waals surface area (Å²) in [5.74, 6) is 1.15. The minimum Gasteiger partial charge on any atom is -0.454 e. The predicted molar refractivity (Wildman–Crippen MR) is 121 cm³/mol. The average Bonchev–Trinajstić information content (AvgIpc) is 3.47. The molecule has 164 valence electrons. The van der Waals surface area contributed by atoms with Gasteiger partial charge < -0.3 is 19.4 Å². The van der Waals surface area contributed by atoms with E-state index in [1.807, 2.05) is 41.3 Å². The second-order valence-corrected chi connectivity index (χ2v) is 8.13. The fourth-order valence-corrected chi connectivity index (χ4v) is 4.78. The van der Waals surface area contributed by atoms with Crippen molar-refractivity contribution in [2.45, 2.75) is 12.5 Å². The summed E-state index contributed by atoms with van der Waals surface area (Å²) in [6.45, 7) is 0.691. The molecule has 1 N–H and O–H groups in total. The lowest BCUT2D eigenvalue weighted by atomic mass is 9.91. The molecule has 0 aliphatic carbocycles. The summed E-state index contributed by atoms with van der Waals surface area (Å²) in [5.41, 5.74) is 4.46. The van der Waals surface area contributed by atoms with Crippen LogP contribution in [0.3, 0.4) is 0 Å². The summed E-state index contributed by atoms with van der Waals surface area (Å²) >= 11 is 0. The summed E-state index contributed by atoms with van der Waals surface area (Å²) in [5, 5.41) is 12.2. The Morgan fingerprint density at radius 1 is 1.03 bits per heavy atom. The Kier molecular flexibility index (Phi) is 4.33. The summed E-state index contributed by atoms with van der Waals surface area (Å²) < 4.78 is 11.1. The van der Waals surface area contributed by atoms with Crippen molar-refractivity contribution < 1.29 is 19.2 Å². The Balaban J connectivity index is 1.47. The van der Waals surface area contributed by atoms with Crippen molar-refractivity contribution in [3.63, 3.8) is 0 Å². The van der Waals surface area contributed by atoms with E-state index in [-0.39, 0.29) is 24.4 Å². The van der Waals surface area contributed by atoms with E-state index in [4.69, 9.17) is 9.47 Å². The van der Waals surface area contributed by atoms with Crippen LogP contribution in [0.4, 0.5) is 5.69 Å². The maximum atomic E-state index is 13.6. The molecule has 2 aliphatic rings. The predicted octanol–water partition coefficient (Wildman–Crippen LogP) is 4.59. The van der Waals surface area contributed by atoms with Crippen molar-refractivity contribution in [2.24, 2.45) is 0 Å². The SMILES string of the molecule is O=C(c1ccc([N+](=O)[O-])cc1)N1CCc2c([nH]c3ccccc23)[C@H]1c1ccc2c(c1)OCO2. The van der Waals surface area contributed by atoms with E-state index in [0.29, 0.717) is 30.0 Å². The number of aromatic nitrogens is 1. The second kappa shape index (κ2) is 7.37. The quantitative estimate of drug-likeness (QED) is 0.370. The highest BCUT2D eigenvalue weighted by Gasteiger charge is 2.35. The Bertz CT molecular complexity index is 1410.